The molecule has 1 aromatic rings. The van der Waals surface area contributed by atoms with Gasteiger partial charge in [-0.25, -0.2) is 4.79 Å². The lowest BCUT2D eigenvalue weighted by molar-refractivity contribution is -0.142. The highest BCUT2D eigenvalue weighted by atomic mass is 33.1. The Bertz CT molecular complexity index is 1340. The van der Waals surface area contributed by atoms with Crippen LogP contribution < -0.4 is 27.0 Å². The molecule has 2 rings (SSSR count). The molecule has 1 aliphatic heterocycles. The molecule has 7 amide bonds. The molecule has 16 nitrogen and oxygen atoms in total. The number of carbonyl (C=O) groups excluding carboxylic acids is 7. The average molecular weight is 709 g/mol. The fourth-order valence-electron chi connectivity index (χ4n) is 4.32. The van der Waals surface area contributed by atoms with E-state index >= 15 is 0 Å². The molecule has 0 unspecified atom stereocenters. The van der Waals surface area contributed by atoms with E-state index < -0.39 is 60.0 Å². The van der Waals surface area contributed by atoms with Gasteiger partial charge in [-0.1, -0.05) is 40.1 Å². The first-order valence-electron chi connectivity index (χ1n) is 15.0. The molecule has 1 heterocycles. The number of carboxylic acid groups (broad SMARTS) is 1. The minimum Gasteiger partial charge on any atom is -0.481 e. The Morgan fingerprint density at radius 1 is 0.917 bits per heavy atom. The number of nitrogens with zero attached hydrogens (tertiary/aromatic N) is 1. The molecular formula is C30H40N6O10S2. The van der Waals surface area contributed by atoms with Gasteiger partial charge >= 0.3 is 18.0 Å². The predicted octanol–water partition coefficient (Wildman–Crippen LogP) is 1.06. The number of carbonyl (C=O) groups is 8. The topological polar surface area (TPSA) is 243 Å². The van der Waals surface area contributed by atoms with E-state index in [0.717, 1.165) is 4.90 Å². The minimum atomic E-state index is -1.49. The summed E-state index contributed by atoms with van der Waals surface area (Å²) in [6, 6.07) is 3.02. The third-order valence-corrected chi connectivity index (χ3v) is 8.38. The number of ether oxygens (including phenoxy) is 1. The van der Waals surface area contributed by atoms with Crippen LogP contribution >= 0.6 is 21.6 Å². The van der Waals surface area contributed by atoms with Crippen LogP contribution in [0.2, 0.25) is 0 Å². The number of urea groups is 1. The molecule has 0 aliphatic carbocycles. The zero-order valence-corrected chi connectivity index (χ0v) is 28.0. The van der Waals surface area contributed by atoms with Crippen molar-refractivity contribution in [2.45, 2.75) is 63.6 Å². The summed E-state index contributed by atoms with van der Waals surface area (Å²) in [6.07, 6.45) is 4.99. The van der Waals surface area contributed by atoms with E-state index in [0.29, 0.717) is 30.5 Å². The molecule has 1 aliphatic rings. The van der Waals surface area contributed by atoms with Crippen molar-refractivity contribution in [1.82, 2.24) is 20.9 Å². The molecule has 1 aromatic carbocycles. The highest BCUT2D eigenvalue weighted by molar-refractivity contribution is 8.76. The van der Waals surface area contributed by atoms with E-state index in [9.17, 15) is 43.5 Å². The van der Waals surface area contributed by atoms with E-state index in [1.807, 2.05) is 6.26 Å². The highest BCUT2D eigenvalue weighted by Gasteiger charge is 2.28. The highest BCUT2D eigenvalue weighted by Crippen LogP contribution is 2.17. The van der Waals surface area contributed by atoms with Gasteiger partial charge in [0.05, 0.1) is 6.42 Å². The predicted molar refractivity (Wildman–Crippen MR) is 178 cm³/mol. The Hall–Kier alpha value is -4.58. The van der Waals surface area contributed by atoms with E-state index in [2.05, 4.69) is 21.3 Å². The molecule has 2 atom stereocenters. The number of aliphatic carboxylic acids is 1. The zero-order valence-electron chi connectivity index (χ0n) is 26.4. The second-order valence-electron chi connectivity index (χ2n) is 10.5. The number of hydrogen-bond donors (Lipinski definition) is 6. The summed E-state index contributed by atoms with van der Waals surface area (Å²) < 4.78 is 5.20. The van der Waals surface area contributed by atoms with Crippen molar-refractivity contribution in [3.63, 3.8) is 0 Å². The first-order valence-corrected chi connectivity index (χ1v) is 17.7. The number of anilines is 1. The first-order chi connectivity index (χ1) is 22.9. The number of hydrogen-bond acceptors (Lipinski definition) is 11. The normalized spacial score (nSPS) is 13.4. The standard InChI is InChI=1S/C30H40N6O10S2/c1-47-48-18-27(42)46-17-19-8-10-20(11-9-19)33-28(43)21(6-5-14-32-30(31)45)35-29(44)22(16-26(40)41)34-23(37)7-3-2-4-15-36-24(38)12-13-25(36)39/h8-13,21-22H,2-7,14-18H2,1H3,(H,33,43)(H,34,37)(H,35,44)(H,40,41)(H3,31,32,45)/t21-,22-/m0/s1. The summed E-state index contributed by atoms with van der Waals surface area (Å²) >= 11 is 0. The summed E-state index contributed by atoms with van der Waals surface area (Å²) in [4.78, 5) is 97.6. The smallest absolute Gasteiger partial charge is 0.317 e. The molecule has 0 aromatic heterocycles. The molecule has 262 valence electrons. The third-order valence-electron chi connectivity index (χ3n) is 6.73. The largest absolute Gasteiger partial charge is 0.481 e. The molecule has 0 bridgehead atoms. The van der Waals surface area contributed by atoms with E-state index in [-0.39, 0.29) is 50.7 Å². The maximum absolute atomic E-state index is 13.2. The van der Waals surface area contributed by atoms with Crippen LogP contribution in [0.3, 0.4) is 0 Å². The second-order valence-corrected chi connectivity index (χ2v) is 13.0. The number of imide groups is 1. The molecule has 0 saturated heterocycles. The van der Waals surface area contributed by atoms with Crippen LogP contribution in [-0.4, -0.2) is 94.7 Å². The van der Waals surface area contributed by atoms with E-state index in [1.165, 1.54) is 33.7 Å². The Labute approximate surface area is 285 Å². The van der Waals surface area contributed by atoms with Crippen molar-refractivity contribution >= 4 is 74.8 Å². The van der Waals surface area contributed by atoms with Gasteiger partial charge in [0.15, 0.2) is 0 Å². The van der Waals surface area contributed by atoms with Gasteiger partial charge in [0.25, 0.3) is 11.8 Å². The summed E-state index contributed by atoms with van der Waals surface area (Å²) in [5.74, 6) is -4.44. The van der Waals surface area contributed by atoms with Crippen LogP contribution in [0.25, 0.3) is 0 Å². The molecule has 7 N–H and O–H groups in total. The second kappa shape index (κ2) is 21.3. The molecular weight excluding hydrogens is 668 g/mol. The summed E-state index contributed by atoms with van der Waals surface area (Å²) in [6.45, 7) is 0.346. The summed E-state index contributed by atoms with van der Waals surface area (Å²) in [5, 5.41) is 19.3. The number of unbranched alkanes of at least 4 members (excludes halogenated alkanes) is 2. The third kappa shape index (κ3) is 15.3. The maximum atomic E-state index is 13.2. The monoisotopic (exact) mass is 708 g/mol. The Morgan fingerprint density at radius 3 is 2.23 bits per heavy atom. The quantitative estimate of drug-likeness (QED) is 0.0429. The Kier molecular flexibility index (Phi) is 17.6. The maximum Gasteiger partial charge on any atom is 0.317 e. The SMILES string of the molecule is CSSCC(=O)OCc1ccc(NC(=O)[C@H](CCCNC(N)=O)NC(=O)[C@H](CC(=O)O)NC(=O)CCCCCN2C(=O)C=CC2=O)cc1. The number of nitrogens with one attached hydrogen (secondary N) is 4. The van der Waals surface area contributed by atoms with E-state index in [1.54, 1.807) is 24.3 Å². The number of amides is 7. The lowest BCUT2D eigenvalue weighted by Crippen LogP contribution is -2.53. The van der Waals surface area contributed by atoms with Gasteiger partial charge in [-0.05, 0) is 49.6 Å². The van der Waals surface area contributed by atoms with Crippen LogP contribution in [0.5, 0.6) is 0 Å². The number of primary amides is 1. The summed E-state index contributed by atoms with van der Waals surface area (Å²) in [5.41, 5.74) is 6.14. The van der Waals surface area contributed by atoms with Crippen molar-refractivity contribution in [3.8, 4) is 0 Å². The Morgan fingerprint density at radius 2 is 1.60 bits per heavy atom. The fourth-order valence-corrected chi connectivity index (χ4v) is 5.26. The van der Waals surface area contributed by atoms with Gasteiger partial charge in [-0.3, -0.25) is 38.5 Å². The molecule has 0 spiro atoms. The number of esters is 1. The van der Waals surface area contributed by atoms with Crippen molar-refractivity contribution in [1.29, 1.82) is 0 Å². The molecule has 48 heavy (non-hydrogen) atoms. The van der Waals surface area contributed by atoms with Gasteiger partial charge < -0.3 is 36.8 Å². The number of rotatable bonds is 22. The zero-order chi connectivity index (χ0) is 35.5. The van der Waals surface area contributed by atoms with Gasteiger partial charge in [0, 0.05) is 37.3 Å². The van der Waals surface area contributed by atoms with Crippen molar-refractivity contribution in [2.75, 3.05) is 30.4 Å². The fraction of sp³-hybridized carbons (Fsp3) is 0.467. The van der Waals surface area contributed by atoms with Crippen molar-refractivity contribution < 1.29 is 48.2 Å². The average Bonchev–Trinajstić information content (AvgIpc) is 3.36. The molecule has 18 heteroatoms. The van der Waals surface area contributed by atoms with Crippen molar-refractivity contribution in [3.05, 3.63) is 42.0 Å². The lowest BCUT2D eigenvalue weighted by atomic mass is 10.1. The van der Waals surface area contributed by atoms with Gasteiger partial charge in [0.2, 0.25) is 17.7 Å². The number of nitrogens with two attached hydrogens (primary N) is 1. The van der Waals surface area contributed by atoms with Crippen LogP contribution in [0, 0.1) is 0 Å². The molecule has 0 saturated carbocycles. The first kappa shape index (κ1) is 39.6. The van der Waals surface area contributed by atoms with Gasteiger partial charge in [-0.2, -0.15) is 0 Å². The minimum absolute atomic E-state index is 0.0330. The molecule has 0 fully saturated rings. The number of carboxylic acids is 1. The summed E-state index contributed by atoms with van der Waals surface area (Å²) in [7, 11) is 2.81. The lowest BCUT2D eigenvalue weighted by Gasteiger charge is -2.23. The van der Waals surface area contributed by atoms with Crippen LogP contribution in [0.4, 0.5) is 10.5 Å². The van der Waals surface area contributed by atoms with Crippen molar-refractivity contribution in [2.24, 2.45) is 5.73 Å². The van der Waals surface area contributed by atoms with Crippen LogP contribution in [0.15, 0.2) is 36.4 Å². The van der Waals surface area contributed by atoms with Crippen LogP contribution in [-0.2, 0) is 44.9 Å². The number of benzene rings is 1. The molecule has 0 radical (unpaired) electrons. The van der Waals surface area contributed by atoms with Gasteiger partial charge in [0.1, 0.15) is 24.4 Å². The Balaban J connectivity index is 1.97. The van der Waals surface area contributed by atoms with Gasteiger partial charge in [-0.15, -0.1) is 0 Å². The van der Waals surface area contributed by atoms with E-state index in [4.69, 9.17) is 10.5 Å². The van der Waals surface area contributed by atoms with Crippen LogP contribution in [0.1, 0.15) is 50.5 Å².